The van der Waals surface area contributed by atoms with E-state index in [0.29, 0.717) is 5.56 Å². The van der Waals surface area contributed by atoms with E-state index in [2.05, 4.69) is 6.92 Å². The summed E-state index contributed by atoms with van der Waals surface area (Å²) in [6.07, 6.45) is 6.78. The van der Waals surface area contributed by atoms with Gasteiger partial charge in [0, 0.05) is 0 Å². The third-order valence-electron chi connectivity index (χ3n) is 4.17. The van der Waals surface area contributed by atoms with Gasteiger partial charge in [0.05, 0.1) is 0 Å². The van der Waals surface area contributed by atoms with Crippen LogP contribution in [0, 0.1) is 0 Å². The quantitative estimate of drug-likeness (QED) is 0.503. The van der Waals surface area contributed by atoms with Crippen LogP contribution in [-0.2, 0) is 4.52 Å². The average Bonchev–Trinajstić information content (AvgIpc) is 2.66. The van der Waals surface area contributed by atoms with Gasteiger partial charge in [-0.05, 0) is 0 Å². The molecule has 0 radical (unpaired) electrons. The number of carbonyl (C=O) groups excluding carboxylic acids is 1. The Hall–Kier alpha value is -2.02. The third kappa shape index (κ3) is 3.56. The SMILES string of the molecule is C/C=C\C=C(/CC)[PH](OC)(C(=O)c1ccccc1)c1ccccc1. The molecule has 2 aromatic carbocycles. The van der Waals surface area contributed by atoms with Crippen LogP contribution in [0.15, 0.2) is 84.2 Å². The molecule has 126 valence electrons. The first-order valence-corrected chi connectivity index (χ1v) is 10.1. The van der Waals surface area contributed by atoms with Gasteiger partial charge in [-0.2, -0.15) is 0 Å². The summed E-state index contributed by atoms with van der Waals surface area (Å²) in [7, 11) is -1.32. The molecule has 0 heterocycles. The van der Waals surface area contributed by atoms with Crippen molar-refractivity contribution in [3.8, 4) is 0 Å². The first-order valence-electron chi connectivity index (χ1n) is 8.23. The second kappa shape index (κ2) is 8.73. The molecule has 0 aliphatic heterocycles. The third-order valence-corrected chi connectivity index (χ3v) is 8.28. The second-order valence-corrected chi connectivity index (χ2v) is 8.96. The average molecular weight is 340 g/mol. The number of rotatable bonds is 7. The fourth-order valence-electron chi connectivity index (χ4n) is 2.97. The predicted molar refractivity (Wildman–Crippen MR) is 105 cm³/mol. The van der Waals surface area contributed by atoms with Crippen LogP contribution in [0.4, 0.5) is 0 Å². The Morgan fingerprint density at radius 1 is 1.04 bits per heavy atom. The van der Waals surface area contributed by atoms with Gasteiger partial charge in [-0.1, -0.05) is 0 Å². The molecule has 0 aliphatic rings. The minimum absolute atomic E-state index is 0.0920. The Morgan fingerprint density at radius 2 is 1.62 bits per heavy atom. The van der Waals surface area contributed by atoms with E-state index in [1.54, 1.807) is 7.11 Å². The summed E-state index contributed by atoms with van der Waals surface area (Å²) in [6, 6.07) is 19.4. The van der Waals surface area contributed by atoms with Gasteiger partial charge in [-0.3, -0.25) is 0 Å². The van der Waals surface area contributed by atoms with Gasteiger partial charge >= 0.3 is 145 Å². The van der Waals surface area contributed by atoms with Crippen LogP contribution in [0.2, 0.25) is 0 Å². The number of benzene rings is 2. The zero-order valence-corrected chi connectivity index (χ0v) is 15.5. The number of allylic oxidation sites excluding steroid dienone is 4. The standard InChI is InChI=1S/C21H25O2P/c1-4-6-15-19(5-2)24(23-3,20-16-11-8-12-17-20)21(22)18-13-9-7-10-14-18/h4,6-17,24H,5H2,1-3H3/b6-4-,19-15+. The van der Waals surface area contributed by atoms with E-state index in [0.717, 1.165) is 17.0 Å². The molecule has 2 nitrogen and oxygen atoms in total. The second-order valence-electron chi connectivity index (χ2n) is 5.52. The molecule has 3 heteroatoms. The Bertz CT molecular complexity index is 720. The van der Waals surface area contributed by atoms with Crippen molar-refractivity contribution < 1.29 is 9.32 Å². The monoisotopic (exact) mass is 340 g/mol. The van der Waals surface area contributed by atoms with Crippen LogP contribution in [0.25, 0.3) is 0 Å². The zero-order chi connectivity index (χ0) is 17.4. The van der Waals surface area contributed by atoms with Gasteiger partial charge in [0.1, 0.15) is 0 Å². The number of hydrogen-bond donors (Lipinski definition) is 0. The molecule has 0 spiro atoms. The molecular formula is C21H25O2P. The van der Waals surface area contributed by atoms with E-state index in [-0.39, 0.29) is 5.52 Å². The molecule has 0 aliphatic carbocycles. The van der Waals surface area contributed by atoms with Crippen LogP contribution in [-0.4, -0.2) is 12.6 Å². The van der Waals surface area contributed by atoms with Crippen molar-refractivity contribution in [2.24, 2.45) is 0 Å². The van der Waals surface area contributed by atoms with Crippen LogP contribution < -0.4 is 5.30 Å². The fourth-order valence-corrected chi connectivity index (χ4v) is 6.64. The fraction of sp³-hybridized carbons (Fsp3) is 0.190. The normalized spacial score (nSPS) is 13.2. The van der Waals surface area contributed by atoms with E-state index in [1.807, 2.05) is 85.8 Å². The Morgan fingerprint density at radius 3 is 2.12 bits per heavy atom. The molecule has 0 bridgehead atoms. The van der Waals surface area contributed by atoms with Crippen molar-refractivity contribution in [1.82, 2.24) is 0 Å². The minimum atomic E-state index is -2.99. The van der Waals surface area contributed by atoms with Crippen molar-refractivity contribution in [3.05, 3.63) is 89.8 Å². The summed E-state index contributed by atoms with van der Waals surface area (Å²) in [4.78, 5) is 13.5. The summed E-state index contributed by atoms with van der Waals surface area (Å²) < 4.78 is 6.08. The summed E-state index contributed by atoms with van der Waals surface area (Å²) in [5.41, 5.74) is 0.795. The Labute approximate surface area is 145 Å². The maximum absolute atomic E-state index is 13.5. The molecule has 0 N–H and O–H groups in total. The van der Waals surface area contributed by atoms with Gasteiger partial charge in [0.2, 0.25) is 0 Å². The van der Waals surface area contributed by atoms with Crippen LogP contribution in [0.1, 0.15) is 30.6 Å². The summed E-state index contributed by atoms with van der Waals surface area (Å²) >= 11 is 0. The predicted octanol–water partition coefficient (Wildman–Crippen LogP) is 5.33. The van der Waals surface area contributed by atoms with Crippen LogP contribution in [0.3, 0.4) is 0 Å². The molecule has 0 fully saturated rings. The van der Waals surface area contributed by atoms with Crippen molar-refractivity contribution in [1.29, 1.82) is 0 Å². The zero-order valence-electron chi connectivity index (χ0n) is 14.5. The molecular weight excluding hydrogens is 315 g/mol. The van der Waals surface area contributed by atoms with E-state index in [4.69, 9.17) is 4.52 Å². The van der Waals surface area contributed by atoms with Crippen molar-refractivity contribution in [2.75, 3.05) is 7.11 Å². The molecule has 2 rings (SSSR count). The van der Waals surface area contributed by atoms with Gasteiger partial charge < -0.3 is 0 Å². The molecule has 0 saturated carbocycles. The Balaban J connectivity index is 2.70. The van der Waals surface area contributed by atoms with E-state index in [9.17, 15) is 4.79 Å². The van der Waals surface area contributed by atoms with Gasteiger partial charge in [-0.15, -0.1) is 0 Å². The molecule has 2 aromatic rings. The topological polar surface area (TPSA) is 26.3 Å². The van der Waals surface area contributed by atoms with Crippen molar-refractivity contribution in [2.45, 2.75) is 20.3 Å². The molecule has 0 unspecified atom stereocenters. The van der Waals surface area contributed by atoms with E-state index < -0.39 is 7.49 Å². The van der Waals surface area contributed by atoms with Gasteiger partial charge in [-0.25, -0.2) is 0 Å². The van der Waals surface area contributed by atoms with E-state index >= 15 is 0 Å². The van der Waals surface area contributed by atoms with Crippen LogP contribution in [0.5, 0.6) is 0 Å². The van der Waals surface area contributed by atoms with Gasteiger partial charge in [0.25, 0.3) is 0 Å². The maximum atomic E-state index is 13.5. The molecule has 0 amide bonds. The molecule has 24 heavy (non-hydrogen) atoms. The summed E-state index contributed by atoms with van der Waals surface area (Å²) in [6.45, 7) is 4.05. The summed E-state index contributed by atoms with van der Waals surface area (Å²) in [5, 5.41) is 2.06. The summed E-state index contributed by atoms with van der Waals surface area (Å²) in [5.74, 6) is 0. The molecule has 0 saturated heterocycles. The van der Waals surface area contributed by atoms with Crippen molar-refractivity contribution >= 4 is 18.3 Å². The van der Waals surface area contributed by atoms with E-state index in [1.165, 1.54) is 0 Å². The van der Waals surface area contributed by atoms with Crippen molar-refractivity contribution in [3.63, 3.8) is 0 Å². The van der Waals surface area contributed by atoms with Gasteiger partial charge in [0.15, 0.2) is 0 Å². The number of hydrogen-bond acceptors (Lipinski definition) is 2. The molecule has 0 aromatic heterocycles. The first-order chi connectivity index (χ1) is 11.7. The Kier molecular flexibility index (Phi) is 6.66. The number of carbonyl (C=O) groups is 1. The first kappa shape index (κ1) is 18.3. The molecule has 0 atom stereocenters. The van der Waals surface area contributed by atoms with Crippen LogP contribution >= 0.6 is 7.49 Å².